The van der Waals surface area contributed by atoms with Crippen molar-refractivity contribution in [2.24, 2.45) is 10.7 Å². The molecule has 1 unspecified atom stereocenters. The molecule has 0 amide bonds. The second-order valence-corrected chi connectivity index (χ2v) is 3.71. The van der Waals surface area contributed by atoms with Gasteiger partial charge in [-0.15, -0.1) is 12.6 Å². The van der Waals surface area contributed by atoms with Gasteiger partial charge in [0, 0.05) is 4.91 Å². The molecule has 82 valence electrons. The molecule has 0 saturated heterocycles. The van der Waals surface area contributed by atoms with E-state index in [1.54, 1.807) is 6.21 Å². The van der Waals surface area contributed by atoms with E-state index >= 15 is 0 Å². The molecule has 4 N–H and O–H groups in total. The van der Waals surface area contributed by atoms with E-state index in [2.05, 4.69) is 28.3 Å². The third-order valence-electron chi connectivity index (χ3n) is 1.72. The fourth-order valence-electron chi connectivity index (χ4n) is 1.14. The molecule has 0 aliphatic carbocycles. The van der Waals surface area contributed by atoms with E-state index in [9.17, 15) is 0 Å². The molecule has 0 heterocycles. The third kappa shape index (κ3) is 4.76. The van der Waals surface area contributed by atoms with Crippen LogP contribution in [0.4, 0.5) is 0 Å². The predicted octanol–water partition coefficient (Wildman–Crippen LogP) is 0.331. The Morgan fingerprint density at radius 3 is 2.36 bits per heavy atom. The summed E-state index contributed by atoms with van der Waals surface area (Å²) < 4.78 is 0. The average molecular weight is 216 g/mol. The van der Waals surface area contributed by atoms with E-state index in [0.717, 1.165) is 4.91 Å². The van der Waals surface area contributed by atoms with Gasteiger partial charge in [-0.2, -0.15) is 0 Å². The third-order valence-corrected chi connectivity index (χ3v) is 2.11. The van der Waals surface area contributed by atoms with E-state index in [-0.39, 0.29) is 6.17 Å². The van der Waals surface area contributed by atoms with Gasteiger partial charge in [0.1, 0.15) is 5.66 Å². The van der Waals surface area contributed by atoms with Crippen molar-refractivity contribution in [3.63, 3.8) is 0 Å². The smallest absolute Gasteiger partial charge is 0.124 e. The second-order valence-electron chi connectivity index (χ2n) is 3.19. The summed E-state index contributed by atoms with van der Waals surface area (Å²) in [6.07, 6.45) is 3.51. The number of nitrogens with one attached hydrogen (secondary N) is 2. The van der Waals surface area contributed by atoms with Crippen molar-refractivity contribution in [3.05, 3.63) is 11.0 Å². The zero-order valence-corrected chi connectivity index (χ0v) is 10.1. The van der Waals surface area contributed by atoms with E-state index < -0.39 is 5.66 Å². The fraction of sp³-hybridized carbons (Fsp3) is 0.667. The summed E-state index contributed by atoms with van der Waals surface area (Å²) in [5.74, 6) is 0. The van der Waals surface area contributed by atoms with Crippen LogP contribution >= 0.6 is 12.6 Å². The quantitative estimate of drug-likeness (QED) is 0.304. The zero-order valence-electron chi connectivity index (χ0n) is 9.20. The summed E-state index contributed by atoms with van der Waals surface area (Å²) in [7, 11) is 3.70. The number of rotatable bonds is 5. The number of hydrogen-bond acceptors (Lipinski definition) is 5. The highest BCUT2D eigenvalue weighted by Gasteiger charge is 2.15. The molecular weight excluding hydrogens is 196 g/mol. The van der Waals surface area contributed by atoms with Crippen LogP contribution in [0.2, 0.25) is 0 Å². The highest BCUT2D eigenvalue weighted by Crippen LogP contribution is 2.12. The van der Waals surface area contributed by atoms with Gasteiger partial charge in [-0.05, 0) is 40.2 Å². The lowest BCUT2D eigenvalue weighted by molar-refractivity contribution is 0.562. The van der Waals surface area contributed by atoms with Gasteiger partial charge >= 0.3 is 0 Å². The van der Waals surface area contributed by atoms with Crippen molar-refractivity contribution in [2.75, 3.05) is 14.1 Å². The Morgan fingerprint density at radius 1 is 1.50 bits per heavy atom. The van der Waals surface area contributed by atoms with Crippen molar-refractivity contribution in [1.29, 1.82) is 0 Å². The Hall–Kier alpha value is -0.360. The van der Waals surface area contributed by atoms with Crippen molar-refractivity contribution >= 4 is 18.8 Å². The molecular formula is C9H20N4S. The highest BCUT2D eigenvalue weighted by atomic mass is 32.1. The van der Waals surface area contributed by atoms with E-state index in [1.807, 2.05) is 34.0 Å². The summed E-state index contributed by atoms with van der Waals surface area (Å²) in [6, 6.07) is 0. The minimum atomic E-state index is -0.697. The first-order valence-corrected chi connectivity index (χ1v) is 4.96. The van der Waals surface area contributed by atoms with Gasteiger partial charge in [-0.3, -0.25) is 4.99 Å². The van der Waals surface area contributed by atoms with Crippen LogP contribution in [-0.2, 0) is 0 Å². The van der Waals surface area contributed by atoms with E-state index in [0.29, 0.717) is 0 Å². The summed E-state index contributed by atoms with van der Waals surface area (Å²) in [5.41, 5.74) is 5.20. The van der Waals surface area contributed by atoms with Gasteiger partial charge < -0.3 is 16.4 Å². The molecule has 5 heteroatoms. The van der Waals surface area contributed by atoms with Crippen molar-refractivity contribution < 1.29 is 0 Å². The number of nitrogens with zero attached hydrogens (tertiary/aromatic N) is 1. The fourth-order valence-corrected chi connectivity index (χ4v) is 1.66. The molecule has 0 spiro atoms. The summed E-state index contributed by atoms with van der Waals surface area (Å²) in [4.78, 5) is 4.94. The molecule has 14 heavy (non-hydrogen) atoms. The Labute approximate surface area is 91.5 Å². The molecule has 0 bridgehead atoms. The number of likely N-dealkylation sites (N-methyl/N-ethyl adjacent to an activating group) is 2. The summed E-state index contributed by atoms with van der Waals surface area (Å²) in [6.45, 7) is 3.66. The minimum Gasteiger partial charge on any atom is -0.304 e. The van der Waals surface area contributed by atoms with Crippen LogP contribution in [0.5, 0.6) is 0 Å². The van der Waals surface area contributed by atoms with Crippen LogP contribution in [0.3, 0.4) is 0 Å². The molecule has 0 aliphatic heterocycles. The Bertz CT molecular complexity index is 219. The summed E-state index contributed by atoms with van der Waals surface area (Å²) >= 11 is 4.35. The number of thiol groups is 1. The zero-order chi connectivity index (χ0) is 11.2. The lowest BCUT2D eigenvalue weighted by Crippen LogP contribution is -2.40. The number of nitrogens with two attached hydrogens (primary N) is 1. The first kappa shape index (κ1) is 13.6. The SMILES string of the molecule is C/C=N\C(C)(N)/C=C(\S)C(NC)NC. The normalized spacial score (nSPS) is 17.8. The first-order chi connectivity index (χ1) is 6.46. The molecule has 0 aliphatic rings. The van der Waals surface area contributed by atoms with Crippen LogP contribution in [0.15, 0.2) is 16.0 Å². The average Bonchev–Trinajstić information content (AvgIpc) is 2.04. The van der Waals surface area contributed by atoms with Crippen molar-refractivity contribution in [3.8, 4) is 0 Å². The van der Waals surface area contributed by atoms with Gasteiger partial charge in [0.15, 0.2) is 0 Å². The molecule has 0 aromatic carbocycles. The monoisotopic (exact) mass is 216 g/mol. The lowest BCUT2D eigenvalue weighted by Gasteiger charge is -2.20. The Kier molecular flexibility index (Phi) is 6.03. The summed E-state index contributed by atoms with van der Waals surface area (Å²) in [5, 5.41) is 6.11. The van der Waals surface area contributed by atoms with Gasteiger partial charge in [0.2, 0.25) is 0 Å². The van der Waals surface area contributed by atoms with Gasteiger partial charge in [-0.1, -0.05) is 0 Å². The maximum absolute atomic E-state index is 5.90. The van der Waals surface area contributed by atoms with Crippen LogP contribution in [0.1, 0.15) is 13.8 Å². The topological polar surface area (TPSA) is 62.4 Å². The molecule has 0 saturated carbocycles. The molecule has 1 atom stereocenters. The van der Waals surface area contributed by atoms with Gasteiger partial charge in [-0.25, -0.2) is 0 Å². The molecule has 0 aromatic heterocycles. The second kappa shape index (κ2) is 6.19. The van der Waals surface area contributed by atoms with E-state index in [4.69, 9.17) is 5.73 Å². The predicted molar refractivity (Wildman–Crippen MR) is 65.7 cm³/mol. The van der Waals surface area contributed by atoms with E-state index in [1.165, 1.54) is 0 Å². The minimum absolute atomic E-state index is 0.00765. The lowest BCUT2D eigenvalue weighted by atomic mass is 10.2. The molecule has 4 nitrogen and oxygen atoms in total. The van der Waals surface area contributed by atoms with Crippen LogP contribution in [0.25, 0.3) is 0 Å². The van der Waals surface area contributed by atoms with Gasteiger partial charge in [0.05, 0.1) is 6.17 Å². The molecule has 0 rings (SSSR count). The molecule has 0 radical (unpaired) electrons. The standard InChI is InChI=1S/C9H20N4S/c1-5-13-9(2,10)6-7(14)8(11-3)12-4/h5-6,8,11-12,14H,10H2,1-4H3/b7-6-,13-5-. The Morgan fingerprint density at radius 2 is 2.00 bits per heavy atom. The van der Waals surface area contributed by atoms with Crippen molar-refractivity contribution in [1.82, 2.24) is 10.6 Å². The molecule has 0 fully saturated rings. The van der Waals surface area contributed by atoms with Crippen molar-refractivity contribution in [2.45, 2.75) is 25.7 Å². The van der Waals surface area contributed by atoms with Gasteiger partial charge in [0.25, 0.3) is 0 Å². The van der Waals surface area contributed by atoms with Crippen LogP contribution in [0, 0.1) is 0 Å². The molecule has 0 aromatic rings. The number of hydrogen-bond donors (Lipinski definition) is 4. The van der Waals surface area contributed by atoms with Crippen LogP contribution in [-0.4, -0.2) is 32.1 Å². The Balaban J connectivity index is 4.63. The van der Waals surface area contributed by atoms with Crippen LogP contribution < -0.4 is 16.4 Å². The largest absolute Gasteiger partial charge is 0.304 e. The first-order valence-electron chi connectivity index (χ1n) is 4.51. The highest BCUT2D eigenvalue weighted by molar-refractivity contribution is 7.84. The number of aliphatic imine (C=N–C) groups is 1. The maximum atomic E-state index is 5.90. The maximum Gasteiger partial charge on any atom is 0.124 e.